The van der Waals surface area contributed by atoms with E-state index in [1.165, 1.54) is 0 Å². The SMILES string of the molecule is O=C(c1cn(C2CCNCC2)nn1)N1CCN(c2ccccc2Cl)CC1. The minimum Gasteiger partial charge on any atom is -0.367 e. The van der Waals surface area contributed by atoms with Crippen LogP contribution in [0, 0.1) is 0 Å². The van der Waals surface area contributed by atoms with E-state index in [-0.39, 0.29) is 5.91 Å². The van der Waals surface area contributed by atoms with Crippen LogP contribution in [0.3, 0.4) is 0 Å². The van der Waals surface area contributed by atoms with Gasteiger partial charge in [0.25, 0.3) is 5.91 Å². The Kier molecular flexibility index (Phi) is 5.08. The molecule has 7 nitrogen and oxygen atoms in total. The predicted octanol–water partition coefficient (Wildman–Crippen LogP) is 1.82. The molecule has 1 aromatic heterocycles. The lowest BCUT2D eigenvalue weighted by atomic mass is 10.1. The van der Waals surface area contributed by atoms with Gasteiger partial charge in [-0.15, -0.1) is 5.10 Å². The smallest absolute Gasteiger partial charge is 0.276 e. The Hall–Kier alpha value is -2.12. The van der Waals surface area contributed by atoms with Crippen LogP contribution in [0.5, 0.6) is 0 Å². The summed E-state index contributed by atoms with van der Waals surface area (Å²) >= 11 is 6.28. The van der Waals surface area contributed by atoms with Crippen LogP contribution in [-0.2, 0) is 0 Å². The number of aromatic nitrogens is 3. The quantitative estimate of drug-likeness (QED) is 0.887. The summed E-state index contributed by atoms with van der Waals surface area (Å²) in [5.74, 6) is -0.0380. The molecule has 0 atom stereocenters. The second-order valence-electron chi connectivity index (χ2n) is 6.80. The van der Waals surface area contributed by atoms with Crippen molar-refractivity contribution in [3.8, 4) is 0 Å². The van der Waals surface area contributed by atoms with Gasteiger partial charge >= 0.3 is 0 Å². The van der Waals surface area contributed by atoms with E-state index in [2.05, 4.69) is 20.5 Å². The predicted molar refractivity (Wildman–Crippen MR) is 101 cm³/mol. The third-order valence-electron chi connectivity index (χ3n) is 5.17. The van der Waals surface area contributed by atoms with Crippen molar-refractivity contribution in [3.63, 3.8) is 0 Å². The molecule has 1 aromatic carbocycles. The summed E-state index contributed by atoms with van der Waals surface area (Å²) < 4.78 is 1.86. The Labute approximate surface area is 157 Å². The summed E-state index contributed by atoms with van der Waals surface area (Å²) in [4.78, 5) is 16.8. The molecule has 3 heterocycles. The zero-order valence-electron chi connectivity index (χ0n) is 14.6. The van der Waals surface area contributed by atoms with Crippen molar-refractivity contribution in [2.75, 3.05) is 44.2 Å². The van der Waals surface area contributed by atoms with E-state index in [1.54, 1.807) is 6.20 Å². The minimum atomic E-state index is -0.0380. The van der Waals surface area contributed by atoms with E-state index in [4.69, 9.17) is 11.6 Å². The molecule has 2 aliphatic heterocycles. The van der Waals surface area contributed by atoms with Gasteiger partial charge in [0.1, 0.15) is 0 Å². The first-order valence-electron chi connectivity index (χ1n) is 9.13. The Morgan fingerprint density at radius 1 is 1.12 bits per heavy atom. The fraction of sp³-hybridized carbons (Fsp3) is 0.500. The van der Waals surface area contributed by atoms with Gasteiger partial charge < -0.3 is 15.1 Å². The molecule has 2 aromatic rings. The maximum Gasteiger partial charge on any atom is 0.276 e. The van der Waals surface area contributed by atoms with Gasteiger partial charge in [0, 0.05) is 26.2 Å². The van der Waals surface area contributed by atoms with Gasteiger partial charge in [0.2, 0.25) is 0 Å². The van der Waals surface area contributed by atoms with Crippen LogP contribution >= 0.6 is 11.6 Å². The van der Waals surface area contributed by atoms with Crippen molar-refractivity contribution < 1.29 is 4.79 Å². The van der Waals surface area contributed by atoms with Gasteiger partial charge in [-0.1, -0.05) is 28.9 Å². The van der Waals surface area contributed by atoms with Crippen LogP contribution in [-0.4, -0.2) is 65.1 Å². The largest absolute Gasteiger partial charge is 0.367 e. The zero-order valence-corrected chi connectivity index (χ0v) is 15.4. The lowest BCUT2D eigenvalue weighted by Gasteiger charge is -2.36. The number of carbonyl (C=O) groups excluding carboxylic acids is 1. The average Bonchev–Trinajstić information content (AvgIpc) is 3.19. The molecule has 2 fully saturated rings. The minimum absolute atomic E-state index is 0.0380. The van der Waals surface area contributed by atoms with Crippen LogP contribution in [0.15, 0.2) is 30.5 Å². The standard InChI is InChI=1S/C18H23ClN6O/c19-15-3-1-2-4-17(15)23-9-11-24(12-10-23)18(26)16-13-25(22-21-16)14-5-7-20-8-6-14/h1-4,13-14,20H,5-12H2. The van der Waals surface area contributed by atoms with Crippen molar-refractivity contribution >= 4 is 23.2 Å². The van der Waals surface area contributed by atoms with Gasteiger partial charge in [0.15, 0.2) is 5.69 Å². The van der Waals surface area contributed by atoms with E-state index in [0.29, 0.717) is 24.8 Å². The molecule has 2 saturated heterocycles. The molecule has 0 aliphatic carbocycles. The Bertz CT molecular complexity index is 765. The summed E-state index contributed by atoms with van der Waals surface area (Å²) in [6.07, 6.45) is 3.85. The number of hydrogen-bond acceptors (Lipinski definition) is 5. The molecular weight excluding hydrogens is 352 g/mol. The lowest BCUT2D eigenvalue weighted by Crippen LogP contribution is -2.49. The summed E-state index contributed by atoms with van der Waals surface area (Å²) in [5, 5.41) is 12.4. The number of rotatable bonds is 3. The van der Waals surface area contributed by atoms with Gasteiger partial charge in [-0.05, 0) is 38.1 Å². The first-order valence-corrected chi connectivity index (χ1v) is 9.51. The van der Waals surface area contributed by atoms with Crippen LogP contribution in [0.2, 0.25) is 5.02 Å². The number of anilines is 1. The average molecular weight is 375 g/mol. The monoisotopic (exact) mass is 374 g/mol. The molecule has 8 heteroatoms. The summed E-state index contributed by atoms with van der Waals surface area (Å²) in [7, 11) is 0. The van der Waals surface area contributed by atoms with Gasteiger partial charge in [0.05, 0.1) is 22.9 Å². The Morgan fingerprint density at radius 3 is 2.58 bits per heavy atom. The second kappa shape index (κ2) is 7.63. The third kappa shape index (κ3) is 3.54. The molecule has 26 heavy (non-hydrogen) atoms. The number of amides is 1. The molecule has 4 rings (SSSR count). The van der Waals surface area contributed by atoms with Gasteiger partial charge in [-0.25, -0.2) is 4.68 Å². The van der Waals surface area contributed by atoms with Crippen molar-refractivity contribution in [2.45, 2.75) is 18.9 Å². The van der Waals surface area contributed by atoms with Crippen molar-refractivity contribution in [1.29, 1.82) is 0 Å². The molecule has 1 N–H and O–H groups in total. The molecular formula is C18H23ClN6O. The molecule has 1 amide bonds. The van der Waals surface area contributed by atoms with Crippen LogP contribution in [0.4, 0.5) is 5.69 Å². The maximum absolute atomic E-state index is 12.8. The fourth-order valence-corrected chi connectivity index (χ4v) is 3.90. The Morgan fingerprint density at radius 2 is 1.85 bits per heavy atom. The number of para-hydroxylation sites is 1. The van der Waals surface area contributed by atoms with Crippen LogP contribution in [0.25, 0.3) is 0 Å². The highest BCUT2D eigenvalue weighted by Crippen LogP contribution is 2.26. The molecule has 0 unspecified atom stereocenters. The molecule has 0 radical (unpaired) electrons. The lowest BCUT2D eigenvalue weighted by molar-refractivity contribution is 0.0740. The highest BCUT2D eigenvalue weighted by molar-refractivity contribution is 6.33. The number of hydrogen-bond donors (Lipinski definition) is 1. The number of halogens is 1. The third-order valence-corrected chi connectivity index (χ3v) is 5.49. The number of piperazine rings is 1. The van der Waals surface area contributed by atoms with E-state index < -0.39 is 0 Å². The van der Waals surface area contributed by atoms with Crippen molar-refractivity contribution in [1.82, 2.24) is 25.2 Å². The summed E-state index contributed by atoms with van der Waals surface area (Å²) in [6.45, 7) is 4.81. The van der Waals surface area contributed by atoms with E-state index in [9.17, 15) is 4.79 Å². The number of benzene rings is 1. The molecule has 0 saturated carbocycles. The first-order chi connectivity index (χ1) is 12.7. The van der Waals surface area contributed by atoms with E-state index >= 15 is 0 Å². The number of nitrogens with one attached hydrogen (secondary N) is 1. The number of nitrogens with zero attached hydrogens (tertiary/aromatic N) is 5. The molecule has 0 bridgehead atoms. The van der Waals surface area contributed by atoms with Crippen molar-refractivity contribution in [2.24, 2.45) is 0 Å². The normalized spacial score (nSPS) is 19.0. The first kappa shape index (κ1) is 17.3. The summed E-state index contributed by atoms with van der Waals surface area (Å²) in [6, 6.07) is 8.16. The maximum atomic E-state index is 12.8. The molecule has 0 spiro atoms. The van der Waals surface area contributed by atoms with Crippen LogP contribution < -0.4 is 10.2 Å². The van der Waals surface area contributed by atoms with E-state index in [1.807, 2.05) is 33.8 Å². The molecule has 2 aliphatic rings. The van der Waals surface area contributed by atoms with Gasteiger partial charge in [-0.2, -0.15) is 0 Å². The highest BCUT2D eigenvalue weighted by Gasteiger charge is 2.26. The molecule has 138 valence electrons. The van der Waals surface area contributed by atoms with Gasteiger partial charge in [-0.3, -0.25) is 4.79 Å². The zero-order chi connectivity index (χ0) is 17.9. The van der Waals surface area contributed by atoms with E-state index in [0.717, 1.165) is 49.7 Å². The second-order valence-corrected chi connectivity index (χ2v) is 7.20. The fourth-order valence-electron chi connectivity index (χ4n) is 3.65. The summed E-state index contributed by atoms with van der Waals surface area (Å²) in [5.41, 5.74) is 1.47. The number of carbonyl (C=O) groups is 1. The Balaban J connectivity index is 1.38. The van der Waals surface area contributed by atoms with Crippen LogP contribution in [0.1, 0.15) is 29.4 Å². The topological polar surface area (TPSA) is 66.3 Å². The van der Waals surface area contributed by atoms with Crippen molar-refractivity contribution in [3.05, 3.63) is 41.2 Å². The number of piperidine rings is 1. The highest BCUT2D eigenvalue weighted by atomic mass is 35.5.